The molecule has 1 aliphatic heterocycles. The van der Waals surface area contributed by atoms with Crippen molar-refractivity contribution in [1.82, 2.24) is 29.5 Å². The highest BCUT2D eigenvalue weighted by atomic mass is 19.3. The summed E-state index contributed by atoms with van der Waals surface area (Å²) in [6.45, 7) is 6.66. The second-order valence-electron chi connectivity index (χ2n) is 10.6. The number of fused-ring (bicyclic) bond motifs is 1. The molecule has 3 aromatic heterocycles. The number of imidazole rings is 1. The molecule has 198 valence electrons. The highest BCUT2D eigenvalue weighted by Crippen LogP contribution is 2.49. The van der Waals surface area contributed by atoms with E-state index >= 15 is 0 Å². The minimum atomic E-state index is -2.67. The molecule has 0 radical (unpaired) electrons. The van der Waals surface area contributed by atoms with E-state index in [9.17, 15) is 13.6 Å². The van der Waals surface area contributed by atoms with E-state index in [4.69, 9.17) is 9.47 Å². The zero-order valence-corrected chi connectivity index (χ0v) is 21.4. The molecule has 12 heteroatoms. The van der Waals surface area contributed by atoms with Crippen molar-refractivity contribution in [1.29, 1.82) is 0 Å². The number of halogens is 2. The molecule has 1 N–H and O–H groups in total. The van der Waals surface area contributed by atoms with Crippen LogP contribution in [0.15, 0.2) is 24.5 Å². The number of likely N-dealkylation sites (tertiary alicyclic amines) is 1. The Balaban J connectivity index is 1.36. The number of aromatic nitrogens is 5. The molecule has 1 saturated heterocycles. The lowest BCUT2D eigenvalue weighted by Gasteiger charge is -2.34. The van der Waals surface area contributed by atoms with Gasteiger partial charge in [-0.05, 0) is 39.7 Å². The fourth-order valence-electron chi connectivity index (χ4n) is 4.73. The summed E-state index contributed by atoms with van der Waals surface area (Å²) in [5.41, 5.74) is 1.63. The molecule has 5 rings (SSSR count). The summed E-state index contributed by atoms with van der Waals surface area (Å²) >= 11 is 0. The second-order valence-corrected chi connectivity index (χ2v) is 10.6. The van der Waals surface area contributed by atoms with E-state index in [0.717, 1.165) is 12.8 Å². The maximum atomic E-state index is 13.5. The maximum Gasteiger partial charge on any atom is 0.410 e. The lowest BCUT2D eigenvalue weighted by Crippen LogP contribution is -2.47. The van der Waals surface area contributed by atoms with Crippen molar-refractivity contribution in [2.45, 2.75) is 69.9 Å². The first-order valence-corrected chi connectivity index (χ1v) is 12.4. The molecular formula is C25H31F2N7O3. The van der Waals surface area contributed by atoms with E-state index in [-0.39, 0.29) is 30.9 Å². The molecular weight excluding hydrogens is 484 g/mol. The number of alkyl halides is 2. The van der Waals surface area contributed by atoms with Crippen LogP contribution in [0, 0.1) is 0 Å². The minimum absolute atomic E-state index is 0.0343. The number of nitrogens with one attached hydrogen (secondary N) is 1. The van der Waals surface area contributed by atoms with Gasteiger partial charge in [0.05, 0.1) is 19.0 Å². The van der Waals surface area contributed by atoms with Crippen LogP contribution >= 0.6 is 0 Å². The van der Waals surface area contributed by atoms with Gasteiger partial charge in [-0.2, -0.15) is 5.10 Å². The first kappa shape index (κ1) is 25.1. The van der Waals surface area contributed by atoms with Crippen LogP contribution in [0.25, 0.3) is 17.0 Å². The van der Waals surface area contributed by atoms with E-state index in [1.165, 1.54) is 7.11 Å². The Labute approximate surface area is 213 Å². The van der Waals surface area contributed by atoms with Crippen LogP contribution in [0.4, 0.5) is 19.5 Å². The SMILES string of the molecule is COc1cc2ncc(-c3ccnc(NC4CCCN(C(=O)OC(C)(C)C)C4)n3)n2nc1C1CC(F)(F)C1. The van der Waals surface area contributed by atoms with Gasteiger partial charge in [0.15, 0.2) is 5.65 Å². The molecule has 1 amide bonds. The number of hydrogen-bond donors (Lipinski definition) is 1. The largest absolute Gasteiger partial charge is 0.495 e. The van der Waals surface area contributed by atoms with Crippen LogP contribution in [-0.2, 0) is 4.74 Å². The molecule has 4 heterocycles. The number of nitrogens with zero attached hydrogens (tertiary/aromatic N) is 6. The third-order valence-corrected chi connectivity index (χ3v) is 6.51. The number of piperidine rings is 1. The molecule has 2 aliphatic rings. The van der Waals surface area contributed by atoms with Gasteiger partial charge in [-0.3, -0.25) is 0 Å². The zero-order valence-electron chi connectivity index (χ0n) is 21.4. The van der Waals surface area contributed by atoms with Crippen molar-refractivity contribution in [3.8, 4) is 17.1 Å². The highest BCUT2D eigenvalue weighted by Gasteiger charge is 2.48. The smallest absolute Gasteiger partial charge is 0.410 e. The molecule has 3 aromatic rings. The Morgan fingerprint density at radius 1 is 1.24 bits per heavy atom. The van der Waals surface area contributed by atoms with Crippen LogP contribution < -0.4 is 10.1 Å². The average Bonchev–Trinajstić information content (AvgIpc) is 3.24. The molecule has 2 fully saturated rings. The second kappa shape index (κ2) is 9.38. The minimum Gasteiger partial charge on any atom is -0.495 e. The fraction of sp³-hybridized carbons (Fsp3) is 0.560. The van der Waals surface area contributed by atoms with Gasteiger partial charge in [0.25, 0.3) is 0 Å². The van der Waals surface area contributed by atoms with Crippen LogP contribution in [0.2, 0.25) is 0 Å². The Hall–Kier alpha value is -3.57. The molecule has 37 heavy (non-hydrogen) atoms. The predicted octanol–water partition coefficient (Wildman–Crippen LogP) is 4.52. The fourth-order valence-corrected chi connectivity index (χ4v) is 4.73. The molecule has 1 saturated carbocycles. The number of anilines is 1. The van der Waals surface area contributed by atoms with E-state index in [1.54, 1.807) is 33.9 Å². The predicted molar refractivity (Wildman–Crippen MR) is 132 cm³/mol. The highest BCUT2D eigenvalue weighted by molar-refractivity contribution is 5.68. The molecule has 0 bridgehead atoms. The molecule has 1 unspecified atom stereocenters. The topological polar surface area (TPSA) is 107 Å². The summed E-state index contributed by atoms with van der Waals surface area (Å²) in [4.78, 5) is 27.6. The Morgan fingerprint density at radius 2 is 2.03 bits per heavy atom. The van der Waals surface area contributed by atoms with E-state index in [0.29, 0.717) is 47.5 Å². The quantitative estimate of drug-likeness (QED) is 0.529. The Bertz CT molecular complexity index is 1300. The first-order chi connectivity index (χ1) is 17.5. The number of hydrogen-bond acceptors (Lipinski definition) is 8. The number of amides is 1. The number of ether oxygens (including phenoxy) is 2. The first-order valence-electron chi connectivity index (χ1n) is 12.4. The molecule has 1 atom stereocenters. The van der Waals surface area contributed by atoms with E-state index in [1.807, 2.05) is 20.8 Å². The molecule has 0 spiro atoms. The van der Waals surface area contributed by atoms with Gasteiger partial charge in [-0.25, -0.2) is 33.0 Å². The molecule has 1 aliphatic carbocycles. The van der Waals surface area contributed by atoms with Crippen molar-refractivity contribution in [3.63, 3.8) is 0 Å². The van der Waals surface area contributed by atoms with Crippen LogP contribution in [0.5, 0.6) is 5.75 Å². The summed E-state index contributed by atoms with van der Waals surface area (Å²) in [6.07, 6.45) is 4.12. The van der Waals surface area contributed by atoms with Gasteiger partial charge < -0.3 is 19.7 Å². The van der Waals surface area contributed by atoms with Crippen LogP contribution in [0.3, 0.4) is 0 Å². The third kappa shape index (κ3) is 5.42. The number of carbonyl (C=O) groups is 1. The number of rotatable bonds is 5. The van der Waals surface area contributed by atoms with Crippen molar-refractivity contribution in [2.75, 3.05) is 25.5 Å². The monoisotopic (exact) mass is 515 g/mol. The molecule has 10 nitrogen and oxygen atoms in total. The van der Waals surface area contributed by atoms with Gasteiger partial charge in [-0.15, -0.1) is 0 Å². The average molecular weight is 516 g/mol. The molecule has 0 aromatic carbocycles. The lowest BCUT2D eigenvalue weighted by molar-refractivity contribution is -0.0881. The normalized spacial score (nSPS) is 19.9. The Morgan fingerprint density at radius 3 is 2.73 bits per heavy atom. The number of carbonyl (C=O) groups excluding carboxylic acids is 1. The van der Waals surface area contributed by atoms with Gasteiger partial charge >= 0.3 is 6.09 Å². The van der Waals surface area contributed by atoms with E-state index in [2.05, 4.69) is 25.4 Å². The summed E-state index contributed by atoms with van der Waals surface area (Å²) < 4.78 is 39.6. The van der Waals surface area contributed by atoms with Gasteiger partial charge in [0.1, 0.15) is 22.7 Å². The van der Waals surface area contributed by atoms with E-state index < -0.39 is 11.5 Å². The van der Waals surface area contributed by atoms with Gasteiger partial charge in [0, 0.05) is 50.2 Å². The third-order valence-electron chi connectivity index (χ3n) is 6.51. The van der Waals surface area contributed by atoms with Crippen molar-refractivity contribution < 1.29 is 23.0 Å². The van der Waals surface area contributed by atoms with Crippen molar-refractivity contribution >= 4 is 17.7 Å². The maximum absolute atomic E-state index is 13.5. The summed E-state index contributed by atoms with van der Waals surface area (Å²) in [6, 6.07) is 3.41. The van der Waals surface area contributed by atoms with Crippen LogP contribution in [0.1, 0.15) is 58.1 Å². The van der Waals surface area contributed by atoms with Gasteiger partial charge in [0.2, 0.25) is 11.9 Å². The summed E-state index contributed by atoms with van der Waals surface area (Å²) in [7, 11) is 1.50. The van der Waals surface area contributed by atoms with Crippen molar-refractivity contribution in [2.24, 2.45) is 0 Å². The number of methoxy groups -OCH3 is 1. The summed E-state index contributed by atoms with van der Waals surface area (Å²) in [5.74, 6) is -2.19. The van der Waals surface area contributed by atoms with Crippen LogP contribution in [-0.4, -0.2) is 73.3 Å². The standard InChI is InChI=1S/C25H31F2N7O3/c1-24(2,3)37-23(35)33-9-5-6-16(14-33)30-22-28-8-7-17(31-22)18-13-29-20-10-19(36-4)21(32-34(18)20)15-11-25(26,27)12-15/h7-8,10,13,15-16H,5-6,9,11-12,14H2,1-4H3,(H,28,30,31). The lowest BCUT2D eigenvalue weighted by atomic mass is 9.79. The van der Waals surface area contributed by atoms with Crippen molar-refractivity contribution in [3.05, 3.63) is 30.2 Å². The Kier molecular flexibility index (Phi) is 6.36. The zero-order chi connectivity index (χ0) is 26.4. The summed E-state index contributed by atoms with van der Waals surface area (Å²) in [5, 5.41) is 7.96. The van der Waals surface area contributed by atoms with Gasteiger partial charge in [-0.1, -0.05) is 0 Å².